The van der Waals surface area contributed by atoms with E-state index in [1.807, 2.05) is 108 Å². The number of hydrogen-bond acceptors (Lipinski definition) is 5. The predicted octanol–water partition coefficient (Wildman–Crippen LogP) is 5.92. The van der Waals surface area contributed by atoms with Gasteiger partial charge in [0.25, 0.3) is 5.91 Å². The van der Waals surface area contributed by atoms with E-state index in [9.17, 15) is 4.79 Å². The molecule has 1 atom stereocenters. The first-order valence-electron chi connectivity index (χ1n) is 11.9. The smallest absolute Gasteiger partial charge is 0.258 e. The highest BCUT2D eigenvalue weighted by molar-refractivity contribution is 6.01. The summed E-state index contributed by atoms with van der Waals surface area (Å²) in [5, 5.41) is 3.54. The van der Waals surface area contributed by atoms with Gasteiger partial charge in [0.2, 0.25) is 0 Å². The third-order valence-corrected chi connectivity index (χ3v) is 6.07. The van der Waals surface area contributed by atoms with Crippen LogP contribution in [0, 0.1) is 0 Å². The van der Waals surface area contributed by atoms with Crippen molar-refractivity contribution >= 4 is 11.6 Å². The Bertz CT molecular complexity index is 1310. The van der Waals surface area contributed by atoms with Crippen molar-refractivity contribution in [2.24, 2.45) is 0 Å². The maximum absolute atomic E-state index is 13.5. The molecule has 4 aromatic carbocycles. The van der Waals surface area contributed by atoms with Crippen LogP contribution >= 0.6 is 0 Å². The first-order valence-corrected chi connectivity index (χ1v) is 11.9. The fourth-order valence-corrected chi connectivity index (χ4v) is 4.30. The number of methoxy groups -OCH3 is 1. The Hall–Kier alpha value is -4.45. The van der Waals surface area contributed by atoms with E-state index in [-0.39, 0.29) is 12.1 Å². The van der Waals surface area contributed by atoms with E-state index in [1.54, 1.807) is 7.11 Å². The van der Waals surface area contributed by atoms with Crippen LogP contribution in [0.25, 0.3) is 0 Å². The van der Waals surface area contributed by atoms with Gasteiger partial charge < -0.3 is 24.4 Å². The van der Waals surface area contributed by atoms with Gasteiger partial charge in [0.05, 0.1) is 12.7 Å². The summed E-state index contributed by atoms with van der Waals surface area (Å²) in [6, 6.07) is 33.0. The summed E-state index contributed by atoms with van der Waals surface area (Å²) in [6.07, 6.45) is -0.364. The molecule has 0 aromatic heterocycles. The van der Waals surface area contributed by atoms with Crippen LogP contribution in [-0.4, -0.2) is 31.1 Å². The lowest BCUT2D eigenvalue weighted by Gasteiger charge is -2.38. The van der Waals surface area contributed by atoms with Gasteiger partial charge in [-0.05, 0) is 47.5 Å². The lowest BCUT2D eigenvalue weighted by molar-refractivity contribution is 0.0666. The van der Waals surface area contributed by atoms with E-state index in [4.69, 9.17) is 14.2 Å². The normalized spacial score (nSPS) is 14.5. The summed E-state index contributed by atoms with van der Waals surface area (Å²) in [6.45, 7) is 1.26. The van der Waals surface area contributed by atoms with E-state index in [1.165, 1.54) is 0 Å². The summed E-state index contributed by atoms with van der Waals surface area (Å²) < 4.78 is 17.3. The third-order valence-electron chi connectivity index (χ3n) is 6.07. The van der Waals surface area contributed by atoms with Crippen LogP contribution in [0.2, 0.25) is 0 Å². The topological polar surface area (TPSA) is 60.0 Å². The van der Waals surface area contributed by atoms with Crippen molar-refractivity contribution in [2.75, 3.05) is 25.6 Å². The van der Waals surface area contributed by atoms with Crippen molar-refractivity contribution in [1.29, 1.82) is 0 Å². The molecule has 6 nitrogen and oxygen atoms in total. The van der Waals surface area contributed by atoms with Crippen molar-refractivity contribution in [3.05, 3.63) is 120 Å². The molecular weight excluding hydrogens is 452 g/mol. The highest BCUT2D eigenvalue weighted by Crippen LogP contribution is 2.37. The first kappa shape index (κ1) is 23.3. The number of hydrogen-bond donors (Lipinski definition) is 1. The minimum atomic E-state index is -0.364. The number of nitrogens with zero attached hydrogens (tertiary/aromatic N) is 1. The maximum atomic E-state index is 13.5. The van der Waals surface area contributed by atoms with Gasteiger partial charge >= 0.3 is 0 Å². The van der Waals surface area contributed by atoms with Crippen molar-refractivity contribution in [3.8, 4) is 17.2 Å². The van der Waals surface area contributed by atoms with Crippen molar-refractivity contribution in [1.82, 2.24) is 4.90 Å². The molecule has 0 spiro atoms. The van der Waals surface area contributed by atoms with E-state index < -0.39 is 0 Å². The number of ether oxygens (including phenoxy) is 3. The van der Waals surface area contributed by atoms with Gasteiger partial charge in [-0.2, -0.15) is 0 Å². The average Bonchev–Trinajstić information content (AvgIpc) is 2.94. The third kappa shape index (κ3) is 5.13. The zero-order chi connectivity index (χ0) is 24.7. The van der Waals surface area contributed by atoms with Crippen molar-refractivity contribution < 1.29 is 19.0 Å². The van der Waals surface area contributed by atoms with Crippen LogP contribution in [0.1, 0.15) is 27.7 Å². The summed E-state index contributed by atoms with van der Waals surface area (Å²) in [7, 11) is 1.61. The summed E-state index contributed by atoms with van der Waals surface area (Å²) in [5.41, 5.74) is 3.44. The number of para-hydroxylation sites is 2. The SMILES string of the molecule is COc1cc(C2Nc3ccccc3C(=O)N2Cc2ccccc2)ccc1OCCOc1ccccc1. The van der Waals surface area contributed by atoms with Gasteiger partial charge in [-0.25, -0.2) is 0 Å². The van der Waals surface area contributed by atoms with E-state index in [0.29, 0.717) is 36.8 Å². The van der Waals surface area contributed by atoms with Gasteiger partial charge in [0, 0.05) is 12.2 Å². The molecule has 1 N–H and O–H groups in total. The molecule has 1 aliphatic rings. The molecular formula is C30H28N2O4. The van der Waals surface area contributed by atoms with Crippen LogP contribution in [0.5, 0.6) is 17.2 Å². The van der Waals surface area contributed by atoms with Gasteiger partial charge in [-0.1, -0.05) is 66.7 Å². The second kappa shape index (κ2) is 10.9. The molecule has 0 aliphatic carbocycles. The van der Waals surface area contributed by atoms with Gasteiger partial charge in [-0.3, -0.25) is 4.79 Å². The van der Waals surface area contributed by atoms with Crippen molar-refractivity contribution in [3.63, 3.8) is 0 Å². The van der Waals surface area contributed by atoms with Crippen LogP contribution in [-0.2, 0) is 6.54 Å². The average molecular weight is 481 g/mol. The molecule has 0 bridgehead atoms. The molecule has 1 amide bonds. The Morgan fingerprint density at radius 1 is 0.778 bits per heavy atom. The van der Waals surface area contributed by atoms with E-state index in [0.717, 1.165) is 22.6 Å². The Balaban J connectivity index is 1.36. The number of carbonyl (C=O) groups excluding carboxylic acids is 1. The van der Waals surface area contributed by atoms with Crippen molar-refractivity contribution in [2.45, 2.75) is 12.7 Å². The maximum Gasteiger partial charge on any atom is 0.258 e. The number of rotatable bonds is 9. The Morgan fingerprint density at radius 2 is 1.47 bits per heavy atom. The molecule has 6 heteroatoms. The van der Waals surface area contributed by atoms with Crippen LogP contribution in [0.3, 0.4) is 0 Å². The molecule has 0 saturated carbocycles. The molecule has 36 heavy (non-hydrogen) atoms. The molecule has 0 radical (unpaired) electrons. The zero-order valence-corrected chi connectivity index (χ0v) is 20.1. The number of fused-ring (bicyclic) bond motifs is 1. The van der Waals surface area contributed by atoms with Crippen LogP contribution < -0.4 is 19.5 Å². The molecule has 1 heterocycles. The molecule has 0 saturated heterocycles. The molecule has 182 valence electrons. The Morgan fingerprint density at radius 3 is 2.25 bits per heavy atom. The highest BCUT2D eigenvalue weighted by atomic mass is 16.5. The number of nitrogens with one attached hydrogen (secondary N) is 1. The van der Waals surface area contributed by atoms with E-state index in [2.05, 4.69) is 5.32 Å². The fourth-order valence-electron chi connectivity index (χ4n) is 4.30. The summed E-state index contributed by atoms with van der Waals surface area (Å²) >= 11 is 0. The van der Waals surface area contributed by atoms with Crippen LogP contribution in [0.4, 0.5) is 5.69 Å². The molecule has 5 rings (SSSR count). The number of amides is 1. The Labute approximate surface area is 211 Å². The first-order chi connectivity index (χ1) is 17.7. The largest absolute Gasteiger partial charge is 0.493 e. The summed E-state index contributed by atoms with van der Waals surface area (Å²) in [5.74, 6) is 2.00. The monoisotopic (exact) mass is 480 g/mol. The lowest BCUT2D eigenvalue weighted by atomic mass is 10.0. The molecule has 1 aliphatic heterocycles. The standard InChI is InChI=1S/C30H28N2O4/c1-34-28-20-23(16-17-27(28)36-19-18-35-24-12-6-3-7-13-24)29-31-26-15-9-8-14-25(26)30(33)32(29)21-22-10-4-2-5-11-22/h2-17,20,29,31H,18-19,21H2,1H3. The lowest BCUT2D eigenvalue weighted by Crippen LogP contribution is -2.42. The second-order valence-corrected chi connectivity index (χ2v) is 8.43. The minimum Gasteiger partial charge on any atom is -0.493 e. The predicted molar refractivity (Wildman–Crippen MR) is 140 cm³/mol. The molecule has 0 fully saturated rings. The quantitative estimate of drug-likeness (QED) is 0.301. The fraction of sp³-hybridized carbons (Fsp3) is 0.167. The molecule has 4 aromatic rings. The number of anilines is 1. The van der Waals surface area contributed by atoms with E-state index >= 15 is 0 Å². The minimum absolute atomic E-state index is 0.0180. The summed E-state index contributed by atoms with van der Waals surface area (Å²) in [4.78, 5) is 15.4. The molecule has 1 unspecified atom stereocenters. The Kier molecular flexibility index (Phi) is 7.03. The van der Waals surface area contributed by atoms with Gasteiger partial charge in [-0.15, -0.1) is 0 Å². The zero-order valence-electron chi connectivity index (χ0n) is 20.1. The highest BCUT2D eigenvalue weighted by Gasteiger charge is 2.33. The number of benzene rings is 4. The van der Waals surface area contributed by atoms with Crippen LogP contribution in [0.15, 0.2) is 103 Å². The second-order valence-electron chi connectivity index (χ2n) is 8.43. The van der Waals surface area contributed by atoms with Gasteiger partial charge in [0.15, 0.2) is 11.5 Å². The number of carbonyl (C=O) groups is 1. The van der Waals surface area contributed by atoms with Gasteiger partial charge in [0.1, 0.15) is 25.1 Å².